The number of alkyl carbamates (subject to hydrolysis) is 1. The average molecular weight is 760 g/mol. The maximum Gasteiger partial charge on any atom is 0.410 e. The number of nitrogens with zero attached hydrogens (tertiary/aromatic N) is 2. The lowest BCUT2D eigenvalue weighted by Crippen LogP contribution is -2.59. The minimum Gasteiger partial charge on any atom is -0.444 e. The molecule has 1 aromatic rings. The third-order valence-corrected chi connectivity index (χ3v) is 14.1. The Hall–Kier alpha value is -3.95. The fraction of sp³-hybridized carbons (Fsp3) is 0.703. The van der Waals surface area contributed by atoms with E-state index in [-0.39, 0.29) is 50.7 Å². The van der Waals surface area contributed by atoms with Crippen LogP contribution in [0.15, 0.2) is 18.2 Å². The first-order chi connectivity index (χ1) is 24.9. The Balaban J connectivity index is 1.14. The summed E-state index contributed by atoms with van der Waals surface area (Å²) in [5.74, 6) is -2.23. The van der Waals surface area contributed by atoms with Gasteiger partial charge in [0.15, 0.2) is 0 Å². The first kappa shape index (κ1) is 37.4. The SMILES string of the molecule is CC(C)(C)OC(=O)N[C@H]1CCCCC[C@@H]2C[C@@H]2C2CC2(C(=O)NS(=O)(=O)C2(C)CC2)NC(=O)[C@@H]2C[C@@H](OC(=O)N3Cc4cccc(F)c4C3)CN2C1=O. The topological polar surface area (TPSA) is 181 Å². The highest BCUT2D eigenvalue weighted by Gasteiger charge is 2.69. The Kier molecular flexibility index (Phi) is 9.46. The lowest BCUT2D eigenvalue weighted by Gasteiger charge is -2.30. The number of amides is 5. The molecule has 3 saturated carbocycles. The van der Waals surface area contributed by atoms with E-state index in [2.05, 4.69) is 15.4 Å². The van der Waals surface area contributed by atoms with Gasteiger partial charge in [0.25, 0.3) is 5.91 Å². The number of benzene rings is 1. The zero-order valence-electron chi connectivity index (χ0n) is 30.7. The van der Waals surface area contributed by atoms with Crippen molar-refractivity contribution in [1.29, 1.82) is 0 Å². The minimum absolute atomic E-state index is 0.00510. The molecule has 290 valence electrons. The molecule has 2 unspecified atom stereocenters. The van der Waals surface area contributed by atoms with E-state index < -0.39 is 79.8 Å². The van der Waals surface area contributed by atoms with Crippen LogP contribution in [0.4, 0.5) is 14.0 Å². The molecule has 3 aliphatic carbocycles. The smallest absolute Gasteiger partial charge is 0.410 e. The second-order valence-electron chi connectivity index (χ2n) is 17.1. The summed E-state index contributed by atoms with van der Waals surface area (Å²) in [6.07, 6.45) is 2.88. The molecule has 3 N–H and O–H groups in total. The molecule has 5 amide bonds. The summed E-state index contributed by atoms with van der Waals surface area (Å²) in [7, 11) is -4.00. The Labute approximate surface area is 309 Å². The minimum atomic E-state index is -4.00. The van der Waals surface area contributed by atoms with E-state index in [4.69, 9.17) is 9.47 Å². The van der Waals surface area contributed by atoms with Crippen LogP contribution in [0.2, 0.25) is 0 Å². The van der Waals surface area contributed by atoms with Gasteiger partial charge in [0, 0.05) is 18.5 Å². The Bertz CT molecular complexity index is 1810. The molecule has 16 heteroatoms. The van der Waals surface area contributed by atoms with Crippen molar-refractivity contribution in [3.8, 4) is 0 Å². The highest BCUT2D eigenvalue weighted by molar-refractivity contribution is 7.91. The second-order valence-corrected chi connectivity index (χ2v) is 19.3. The van der Waals surface area contributed by atoms with Crippen molar-refractivity contribution in [3.63, 3.8) is 0 Å². The molecule has 2 saturated heterocycles. The second kappa shape index (κ2) is 13.4. The number of halogens is 1. The molecule has 7 atom stereocenters. The van der Waals surface area contributed by atoms with Gasteiger partial charge in [-0.05, 0) is 89.2 Å². The van der Waals surface area contributed by atoms with E-state index in [1.54, 1.807) is 39.8 Å². The van der Waals surface area contributed by atoms with Crippen LogP contribution in [0.1, 0.15) is 103 Å². The van der Waals surface area contributed by atoms with Crippen molar-refractivity contribution in [2.75, 3.05) is 6.54 Å². The van der Waals surface area contributed by atoms with E-state index >= 15 is 0 Å². The summed E-state index contributed by atoms with van der Waals surface area (Å²) in [6.45, 7) is 6.66. The van der Waals surface area contributed by atoms with Crippen molar-refractivity contribution in [2.45, 2.75) is 139 Å². The number of rotatable bonds is 5. The van der Waals surface area contributed by atoms with Crippen molar-refractivity contribution in [3.05, 3.63) is 35.1 Å². The Morgan fingerprint density at radius 1 is 1.04 bits per heavy atom. The van der Waals surface area contributed by atoms with Crippen molar-refractivity contribution in [1.82, 2.24) is 25.2 Å². The molecule has 3 aliphatic heterocycles. The largest absolute Gasteiger partial charge is 0.444 e. The van der Waals surface area contributed by atoms with Gasteiger partial charge < -0.3 is 25.0 Å². The van der Waals surface area contributed by atoms with Crippen molar-refractivity contribution < 1.29 is 46.3 Å². The Morgan fingerprint density at radius 2 is 1.77 bits per heavy atom. The van der Waals surface area contributed by atoms with Crippen LogP contribution < -0.4 is 15.4 Å². The van der Waals surface area contributed by atoms with E-state index in [0.717, 1.165) is 25.7 Å². The van der Waals surface area contributed by atoms with E-state index in [1.165, 1.54) is 15.9 Å². The van der Waals surface area contributed by atoms with Crippen molar-refractivity contribution >= 4 is 39.9 Å². The average Bonchev–Trinajstić information content (AvgIpc) is 4.02. The van der Waals surface area contributed by atoms with Gasteiger partial charge in [0.2, 0.25) is 21.8 Å². The first-order valence-electron chi connectivity index (χ1n) is 18.8. The third kappa shape index (κ3) is 7.57. The van der Waals surface area contributed by atoms with Gasteiger partial charge >= 0.3 is 12.2 Å². The Morgan fingerprint density at radius 3 is 2.47 bits per heavy atom. The number of sulfonamides is 1. The number of carbonyl (C=O) groups is 5. The quantitative estimate of drug-likeness (QED) is 0.404. The number of carbonyl (C=O) groups excluding carboxylic acids is 5. The van der Waals surface area contributed by atoms with Crippen LogP contribution in [-0.2, 0) is 47.0 Å². The molecule has 0 spiro atoms. The molecule has 0 bridgehead atoms. The fourth-order valence-corrected chi connectivity index (χ4v) is 9.70. The van der Waals surface area contributed by atoms with Crippen LogP contribution >= 0.6 is 0 Å². The van der Waals surface area contributed by atoms with Crippen LogP contribution in [-0.4, -0.2) is 88.7 Å². The first-order valence-corrected chi connectivity index (χ1v) is 20.3. The van der Waals surface area contributed by atoms with E-state index in [1.807, 2.05) is 0 Å². The van der Waals surface area contributed by atoms with Crippen molar-refractivity contribution in [2.24, 2.45) is 17.8 Å². The van der Waals surface area contributed by atoms with Gasteiger partial charge in [-0.3, -0.25) is 24.0 Å². The third-order valence-electron chi connectivity index (χ3n) is 11.9. The molecule has 3 heterocycles. The molecular formula is C37H50FN5O9S. The van der Waals surface area contributed by atoms with Gasteiger partial charge in [-0.15, -0.1) is 0 Å². The molecule has 14 nitrogen and oxygen atoms in total. The maximum absolute atomic E-state index is 14.4. The number of fused-ring (bicyclic) bond motifs is 5. The lowest BCUT2D eigenvalue weighted by atomic mass is 10.0. The summed E-state index contributed by atoms with van der Waals surface area (Å²) in [5, 5.41) is 5.60. The summed E-state index contributed by atoms with van der Waals surface area (Å²) < 4.78 is 53.3. The highest BCUT2D eigenvalue weighted by atomic mass is 32.2. The van der Waals surface area contributed by atoms with Crippen LogP contribution in [0.3, 0.4) is 0 Å². The predicted octanol–water partition coefficient (Wildman–Crippen LogP) is 3.61. The molecule has 0 aromatic heterocycles. The predicted molar refractivity (Wildman–Crippen MR) is 188 cm³/mol. The van der Waals surface area contributed by atoms with Gasteiger partial charge in [-0.25, -0.2) is 22.4 Å². The van der Waals surface area contributed by atoms with Gasteiger partial charge in [0.05, 0.1) is 17.8 Å². The van der Waals surface area contributed by atoms with E-state index in [0.29, 0.717) is 36.3 Å². The molecule has 5 fully saturated rings. The van der Waals surface area contributed by atoms with E-state index in [9.17, 15) is 36.8 Å². The molecule has 53 heavy (non-hydrogen) atoms. The number of hydrogen-bond acceptors (Lipinski definition) is 9. The molecule has 7 rings (SSSR count). The standard InChI is InChI=1S/C37H50FN5O9S/c1-35(2,3)52-33(47)39-28-12-7-5-6-9-21-15-24(21)26-17-37(26,32(46)41-53(49,50)36(4)13-14-36)40-30(44)29-16-23(19-43(29)31(28)45)51-34(48)42-18-22-10-8-11-27(38)25(22)20-42/h8,10-11,21,23-24,26,28-29H,5-7,9,12-20H2,1-4H3,(H,39,47)(H,40,44)(H,41,46)/t21-,23-,24+,26?,28+,29+,37?/m1/s1. The monoisotopic (exact) mass is 759 g/mol. The number of nitrogens with one attached hydrogen (secondary N) is 3. The maximum atomic E-state index is 14.4. The summed E-state index contributed by atoms with van der Waals surface area (Å²) in [6, 6.07) is 2.36. The van der Waals surface area contributed by atoms with Gasteiger partial charge in [0.1, 0.15) is 35.1 Å². The summed E-state index contributed by atoms with van der Waals surface area (Å²) >= 11 is 0. The molecule has 6 aliphatic rings. The lowest BCUT2D eigenvalue weighted by molar-refractivity contribution is -0.141. The summed E-state index contributed by atoms with van der Waals surface area (Å²) in [4.78, 5) is 71.6. The normalized spacial score (nSPS) is 32.0. The highest BCUT2D eigenvalue weighted by Crippen LogP contribution is 2.61. The van der Waals surface area contributed by atoms with Crippen LogP contribution in [0, 0.1) is 23.6 Å². The van der Waals surface area contributed by atoms with Gasteiger partial charge in [-0.2, -0.15) is 0 Å². The van der Waals surface area contributed by atoms with Crippen LogP contribution in [0.25, 0.3) is 0 Å². The van der Waals surface area contributed by atoms with Gasteiger partial charge in [-0.1, -0.05) is 37.8 Å². The zero-order valence-corrected chi connectivity index (χ0v) is 31.6. The summed E-state index contributed by atoms with van der Waals surface area (Å²) in [5.41, 5.74) is -1.25. The van der Waals surface area contributed by atoms with Crippen LogP contribution in [0.5, 0.6) is 0 Å². The zero-order chi connectivity index (χ0) is 38.1. The number of hydrogen-bond donors (Lipinski definition) is 3. The fourth-order valence-electron chi connectivity index (χ4n) is 8.39. The molecular weight excluding hydrogens is 709 g/mol. The molecule has 0 radical (unpaired) electrons. The number of ether oxygens (including phenoxy) is 2. The molecule has 1 aromatic carbocycles.